The fourth-order valence-electron chi connectivity index (χ4n) is 22.8. The SMILES string of the molecule is CC1(C)c2ccccc2-c2cc(Nc3ccc4oc5ccccc5c4c3)ccc21.CC1(C)c2ccccc2-c2ccc(-c3ccc(Nc4ccc5ccccc5c4)cc3)cc21.c1ccc(-c2ccc(Cc3ccc4c(c3)C3(c5ccccc5-c5ccccc53)c3ccccc3-4)cc2)cc1.c1ccc(C2(c3ccccc3)c3ccccc3-c3ccc(Nc4cccc5ccccc45)cc32)cc1. The number of rotatable bonds is 12. The van der Waals surface area contributed by atoms with E-state index in [9.17, 15) is 0 Å². The number of benzene rings is 21. The van der Waals surface area contributed by atoms with Crippen molar-refractivity contribution in [1.82, 2.24) is 0 Å². The monoisotopic (exact) mass is 1730 g/mol. The normalized spacial score (nSPS) is 13.6. The Morgan fingerprint density at radius 3 is 1.22 bits per heavy atom. The predicted molar refractivity (Wildman–Crippen MR) is 566 cm³/mol. The van der Waals surface area contributed by atoms with Crippen molar-refractivity contribution < 1.29 is 4.42 Å². The first kappa shape index (κ1) is 81.6. The molecule has 0 fully saturated rings. The van der Waals surface area contributed by atoms with Crippen LogP contribution in [0.4, 0.5) is 34.1 Å². The summed E-state index contributed by atoms with van der Waals surface area (Å²) in [5.41, 5.74) is 45.4. The highest BCUT2D eigenvalue weighted by Gasteiger charge is 2.52. The molecule has 642 valence electrons. The molecule has 0 radical (unpaired) electrons. The largest absolute Gasteiger partial charge is 0.456 e. The standard InChI is InChI=1S/C38H26.C35H25N.C31H25N.C27H21NO/c1-2-10-28(11-3-1)29-21-18-26(19-22-29)24-27-20-23-33-32-14-6-9-17-36(32)38(37(33)25-27)34-15-7-4-12-30(34)31-13-5-8-16-35(31)38;1-3-14-26(15-4-1)35(27-16-5-2-6-17-27)32-20-10-9-19-30(32)31-23-22-28(24-33(31)35)36-34-21-11-13-25-12-7-8-18-29(25)34;1-31(2)29-10-6-5-9-27(29)28-18-14-24(20-30(28)31)22-11-15-25(16-12-22)32-26-17-13-21-7-3-4-8-23(21)19-26;1-27(2)23-9-5-3-7-19(23)21-15-17(11-13-24(21)27)28-18-12-14-26-22(16-18)20-8-4-6-10-25(20)29-26/h1-23,25H,24H2;1-24,36H;3-20,32H,1-2H3;3-16,28H,1-2H3. The van der Waals surface area contributed by atoms with Crippen LogP contribution in [0.1, 0.15) is 106 Å². The molecule has 1 spiro atoms. The molecule has 0 unspecified atom stereocenters. The molecule has 5 aliphatic carbocycles. The predicted octanol–water partition coefficient (Wildman–Crippen LogP) is 34.4. The maximum absolute atomic E-state index is 5.95. The molecule has 22 aromatic rings. The van der Waals surface area contributed by atoms with Crippen molar-refractivity contribution in [3.63, 3.8) is 0 Å². The van der Waals surface area contributed by atoms with Crippen molar-refractivity contribution >= 4 is 77.6 Å². The molecule has 135 heavy (non-hydrogen) atoms. The van der Waals surface area contributed by atoms with Crippen LogP contribution in [0.25, 0.3) is 121 Å². The second-order valence-corrected chi connectivity index (χ2v) is 37.5. The molecule has 1 heterocycles. The van der Waals surface area contributed by atoms with Gasteiger partial charge in [0.25, 0.3) is 0 Å². The third-order valence-corrected chi connectivity index (χ3v) is 29.1. The van der Waals surface area contributed by atoms with Gasteiger partial charge < -0.3 is 20.4 Å². The van der Waals surface area contributed by atoms with Crippen molar-refractivity contribution in [2.45, 2.75) is 55.8 Å². The van der Waals surface area contributed by atoms with Gasteiger partial charge >= 0.3 is 0 Å². The highest BCUT2D eigenvalue weighted by atomic mass is 16.3. The molecule has 3 N–H and O–H groups in total. The van der Waals surface area contributed by atoms with Crippen LogP contribution in [-0.2, 0) is 28.1 Å². The zero-order chi connectivity index (χ0) is 90.4. The van der Waals surface area contributed by atoms with E-state index in [1.54, 1.807) is 0 Å². The smallest absolute Gasteiger partial charge is 0.135 e. The maximum Gasteiger partial charge on any atom is 0.135 e. The highest BCUT2D eigenvalue weighted by Crippen LogP contribution is 2.64. The van der Waals surface area contributed by atoms with Crippen LogP contribution >= 0.6 is 0 Å². The van der Waals surface area contributed by atoms with E-state index in [0.29, 0.717) is 0 Å². The molecule has 27 rings (SSSR count). The van der Waals surface area contributed by atoms with Gasteiger partial charge in [0.15, 0.2) is 0 Å². The molecule has 4 heteroatoms. The van der Waals surface area contributed by atoms with E-state index in [2.05, 4.69) is 511 Å². The van der Waals surface area contributed by atoms with E-state index in [1.807, 2.05) is 18.2 Å². The van der Waals surface area contributed by atoms with Gasteiger partial charge in [-0.3, -0.25) is 0 Å². The first-order valence-corrected chi connectivity index (χ1v) is 47.1. The fourth-order valence-corrected chi connectivity index (χ4v) is 22.8. The van der Waals surface area contributed by atoms with E-state index in [1.165, 1.54) is 177 Å². The molecule has 0 atom stereocenters. The van der Waals surface area contributed by atoms with Crippen molar-refractivity contribution in [2.24, 2.45) is 0 Å². The van der Waals surface area contributed by atoms with Gasteiger partial charge in [-0.2, -0.15) is 0 Å². The number of furan rings is 1. The van der Waals surface area contributed by atoms with Crippen molar-refractivity contribution in [1.29, 1.82) is 0 Å². The lowest BCUT2D eigenvalue weighted by Gasteiger charge is -2.34. The van der Waals surface area contributed by atoms with Crippen LogP contribution in [0.5, 0.6) is 0 Å². The van der Waals surface area contributed by atoms with Crippen molar-refractivity contribution in [3.05, 3.63) is 563 Å². The number of hydrogen-bond acceptors (Lipinski definition) is 4. The molecular formula is C131H97N3O. The average Bonchev–Trinajstić information content (AvgIpc) is 1.51. The molecule has 0 bridgehead atoms. The van der Waals surface area contributed by atoms with Crippen LogP contribution in [0.2, 0.25) is 0 Å². The third-order valence-electron chi connectivity index (χ3n) is 29.1. The minimum Gasteiger partial charge on any atom is -0.456 e. The Morgan fingerprint density at radius 1 is 0.193 bits per heavy atom. The van der Waals surface area contributed by atoms with Gasteiger partial charge in [0.2, 0.25) is 0 Å². The number of nitrogens with one attached hydrogen (secondary N) is 3. The summed E-state index contributed by atoms with van der Waals surface area (Å²) in [5.74, 6) is 0. The number of para-hydroxylation sites is 1. The van der Waals surface area contributed by atoms with Gasteiger partial charge in [-0.15, -0.1) is 0 Å². The molecule has 0 saturated heterocycles. The van der Waals surface area contributed by atoms with Crippen molar-refractivity contribution in [3.8, 4) is 77.9 Å². The Hall–Kier alpha value is -16.7. The van der Waals surface area contributed by atoms with Gasteiger partial charge in [0.05, 0.1) is 10.8 Å². The summed E-state index contributed by atoms with van der Waals surface area (Å²) in [6.07, 6.45) is 0.915. The quantitative estimate of drug-likeness (QED) is 0.114. The minimum atomic E-state index is -0.384. The molecular weight excluding hydrogens is 1630 g/mol. The summed E-state index contributed by atoms with van der Waals surface area (Å²) >= 11 is 0. The Kier molecular flexibility index (Phi) is 20.1. The van der Waals surface area contributed by atoms with Gasteiger partial charge in [-0.25, -0.2) is 0 Å². The van der Waals surface area contributed by atoms with E-state index in [4.69, 9.17) is 4.42 Å². The Morgan fingerprint density at radius 2 is 0.578 bits per heavy atom. The average molecular weight is 1730 g/mol. The van der Waals surface area contributed by atoms with E-state index >= 15 is 0 Å². The number of fused-ring (bicyclic) bond motifs is 24. The Bertz CT molecular complexity index is 8240. The zero-order valence-corrected chi connectivity index (χ0v) is 75.8. The van der Waals surface area contributed by atoms with Gasteiger partial charge in [0.1, 0.15) is 11.2 Å². The topological polar surface area (TPSA) is 49.2 Å². The van der Waals surface area contributed by atoms with E-state index in [-0.39, 0.29) is 21.7 Å². The second-order valence-electron chi connectivity index (χ2n) is 37.5. The van der Waals surface area contributed by atoms with Crippen LogP contribution < -0.4 is 16.0 Å². The molecule has 4 nitrogen and oxygen atoms in total. The van der Waals surface area contributed by atoms with Gasteiger partial charge in [-0.05, 0) is 263 Å². The first-order chi connectivity index (χ1) is 66.4. The fraction of sp³-hybridized carbons (Fsp3) is 0.0687. The zero-order valence-electron chi connectivity index (χ0n) is 75.8. The minimum absolute atomic E-state index is 0.0273. The van der Waals surface area contributed by atoms with E-state index < -0.39 is 0 Å². The molecule has 0 saturated carbocycles. The number of hydrogen-bond donors (Lipinski definition) is 3. The molecule has 21 aromatic carbocycles. The van der Waals surface area contributed by atoms with Crippen molar-refractivity contribution in [2.75, 3.05) is 16.0 Å². The first-order valence-electron chi connectivity index (χ1n) is 47.1. The highest BCUT2D eigenvalue weighted by molar-refractivity contribution is 6.07. The lowest BCUT2D eigenvalue weighted by atomic mass is 9.67. The lowest BCUT2D eigenvalue weighted by molar-refractivity contribution is 0.660. The van der Waals surface area contributed by atoms with Crippen LogP contribution in [0.15, 0.2) is 490 Å². The molecule has 0 amide bonds. The van der Waals surface area contributed by atoms with Crippen LogP contribution in [0, 0.1) is 0 Å². The summed E-state index contributed by atoms with van der Waals surface area (Å²) in [6, 6.07) is 176. The number of anilines is 6. The van der Waals surface area contributed by atoms with Gasteiger partial charge in [-0.1, -0.05) is 428 Å². The molecule has 0 aliphatic heterocycles. The van der Waals surface area contributed by atoms with Crippen LogP contribution in [0.3, 0.4) is 0 Å². The lowest BCUT2D eigenvalue weighted by Crippen LogP contribution is -2.28. The Labute approximate surface area is 789 Å². The summed E-state index contributed by atoms with van der Waals surface area (Å²) in [5, 5.41) is 18.1. The van der Waals surface area contributed by atoms with E-state index in [0.717, 1.165) is 62.5 Å². The van der Waals surface area contributed by atoms with Crippen LogP contribution in [-0.4, -0.2) is 0 Å². The second kappa shape index (κ2) is 33.3. The summed E-state index contributed by atoms with van der Waals surface area (Å²) in [4.78, 5) is 0. The Balaban J connectivity index is 0.0000000991. The molecule has 5 aliphatic rings. The molecule has 1 aromatic heterocycles. The summed E-state index contributed by atoms with van der Waals surface area (Å²) in [7, 11) is 0. The maximum atomic E-state index is 5.95. The summed E-state index contributed by atoms with van der Waals surface area (Å²) < 4.78 is 5.95. The summed E-state index contributed by atoms with van der Waals surface area (Å²) in [6.45, 7) is 9.28. The third kappa shape index (κ3) is 14.0. The van der Waals surface area contributed by atoms with Gasteiger partial charge in [0, 0.05) is 61.1 Å².